The van der Waals surface area contributed by atoms with Crippen LogP contribution < -0.4 is 5.32 Å². The van der Waals surface area contributed by atoms with E-state index in [2.05, 4.69) is 5.32 Å². The minimum Gasteiger partial charge on any atom is -0.336 e. The molecule has 0 saturated carbocycles. The van der Waals surface area contributed by atoms with Crippen molar-refractivity contribution in [1.29, 1.82) is 0 Å². The highest BCUT2D eigenvalue weighted by Gasteiger charge is 2.55. The van der Waals surface area contributed by atoms with Gasteiger partial charge in [0.15, 0.2) is 0 Å². The molecule has 0 bridgehead atoms. The lowest BCUT2D eigenvalue weighted by molar-refractivity contribution is -0.141. The molecular formula is C21H29N3O3. The van der Waals surface area contributed by atoms with E-state index in [1.54, 1.807) is 0 Å². The van der Waals surface area contributed by atoms with Crippen LogP contribution in [0.3, 0.4) is 0 Å². The Hall–Kier alpha value is -2.37. The van der Waals surface area contributed by atoms with Crippen molar-refractivity contribution in [3.05, 3.63) is 35.4 Å². The van der Waals surface area contributed by atoms with Crippen LogP contribution in [0.4, 0.5) is 4.79 Å². The second-order valence-corrected chi connectivity index (χ2v) is 7.70. The summed E-state index contributed by atoms with van der Waals surface area (Å²) in [7, 11) is 0. The van der Waals surface area contributed by atoms with Gasteiger partial charge in [0, 0.05) is 12.1 Å². The first-order valence-electron chi connectivity index (χ1n) is 9.89. The van der Waals surface area contributed by atoms with E-state index in [1.165, 1.54) is 0 Å². The molecule has 1 N–H and O–H groups in total. The number of amides is 4. The number of rotatable bonds is 6. The van der Waals surface area contributed by atoms with Gasteiger partial charge >= 0.3 is 6.03 Å². The lowest BCUT2D eigenvalue weighted by Gasteiger charge is -2.35. The maximum absolute atomic E-state index is 13.2. The molecule has 1 spiro atoms. The lowest BCUT2D eigenvalue weighted by Crippen LogP contribution is -2.50. The van der Waals surface area contributed by atoms with Crippen LogP contribution in [-0.2, 0) is 21.5 Å². The van der Waals surface area contributed by atoms with E-state index in [4.69, 9.17) is 0 Å². The van der Waals surface area contributed by atoms with Crippen molar-refractivity contribution in [3.63, 3.8) is 0 Å². The number of fused-ring (bicyclic) bond motifs is 2. The van der Waals surface area contributed by atoms with E-state index in [9.17, 15) is 14.4 Å². The van der Waals surface area contributed by atoms with Crippen LogP contribution in [0.5, 0.6) is 0 Å². The highest BCUT2D eigenvalue weighted by molar-refractivity contribution is 6.09. The molecule has 4 amide bonds. The molecule has 146 valence electrons. The zero-order chi connectivity index (χ0) is 19.8. The van der Waals surface area contributed by atoms with Crippen LogP contribution in [0, 0.1) is 0 Å². The summed E-state index contributed by atoms with van der Waals surface area (Å²) in [6.07, 6.45) is 2.94. The molecule has 0 radical (unpaired) electrons. The number of imide groups is 1. The first-order chi connectivity index (χ1) is 12.9. The normalized spacial score (nSPS) is 23.3. The highest BCUT2D eigenvalue weighted by atomic mass is 16.2. The number of hydrogen-bond donors (Lipinski definition) is 1. The lowest BCUT2D eigenvalue weighted by atomic mass is 9.92. The van der Waals surface area contributed by atoms with Crippen LogP contribution in [0.25, 0.3) is 0 Å². The average Bonchev–Trinajstić information content (AvgIpc) is 3.15. The summed E-state index contributed by atoms with van der Waals surface area (Å²) in [6.45, 7) is 7.87. The fourth-order valence-electron chi connectivity index (χ4n) is 4.27. The minimum absolute atomic E-state index is 0.0642. The predicted molar refractivity (Wildman–Crippen MR) is 103 cm³/mol. The van der Waals surface area contributed by atoms with Crippen molar-refractivity contribution in [2.75, 3.05) is 6.54 Å². The zero-order valence-electron chi connectivity index (χ0n) is 16.6. The second kappa shape index (κ2) is 7.33. The number of nitrogens with one attached hydrogen (secondary N) is 1. The summed E-state index contributed by atoms with van der Waals surface area (Å²) >= 11 is 0. The van der Waals surface area contributed by atoms with Crippen molar-refractivity contribution in [1.82, 2.24) is 15.1 Å². The number of urea groups is 1. The molecule has 1 aromatic carbocycles. The quantitative estimate of drug-likeness (QED) is 0.782. The van der Waals surface area contributed by atoms with Crippen LogP contribution >= 0.6 is 0 Å². The molecule has 1 aromatic rings. The standard InChI is InChI=1S/C21H29N3O3/c1-5-14(3)24(15(4)6-2)18(25)13-23-19(26)21(22-20(23)27)12-11-16-9-7-8-10-17(16)21/h7-10,14-15H,5-6,11-13H2,1-4H3,(H,22,27)/t14-,15-,21-/m0/s1. The molecule has 3 rings (SSSR count). The summed E-state index contributed by atoms with van der Waals surface area (Å²) in [4.78, 5) is 41.7. The van der Waals surface area contributed by atoms with Crippen molar-refractivity contribution in [3.8, 4) is 0 Å². The average molecular weight is 371 g/mol. The van der Waals surface area contributed by atoms with E-state index in [0.717, 1.165) is 35.3 Å². The van der Waals surface area contributed by atoms with Gasteiger partial charge in [-0.1, -0.05) is 38.1 Å². The Balaban J connectivity index is 1.83. The van der Waals surface area contributed by atoms with Crippen LogP contribution in [0.1, 0.15) is 58.1 Å². The fourth-order valence-corrected chi connectivity index (χ4v) is 4.27. The van der Waals surface area contributed by atoms with E-state index in [-0.39, 0.29) is 30.4 Å². The van der Waals surface area contributed by atoms with Crippen molar-refractivity contribution in [2.24, 2.45) is 0 Å². The second-order valence-electron chi connectivity index (χ2n) is 7.70. The van der Waals surface area contributed by atoms with Crippen LogP contribution in [-0.4, -0.2) is 46.3 Å². The third-order valence-electron chi connectivity index (χ3n) is 6.13. The maximum atomic E-state index is 13.2. The third kappa shape index (κ3) is 3.11. The van der Waals surface area contributed by atoms with Crippen LogP contribution in [0.2, 0.25) is 0 Å². The molecule has 6 nitrogen and oxygen atoms in total. The van der Waals surface area contributed by atoms with E-state index in [1.807, 2.05) is 56.9 Å². The van der Waals surface area contributed by atoms with Gasteiger partial charge in [-0.25, -0.2) is 4.79 Å². The first kappa shape index (κ1) is 19.4. The monoisotopic (exact) mass is 371 g/mol. The summed E-state index contributed by atoms with van der Waals surface area (Å²) in [5.41, 5.74) is 0.935. The Morgan fingerprint density at radius 1 is 1.19 bits per heavy atom. The SMILES string of the molecule is CC[C@H](C)N(C(=O)CN1C(=O)N[C@]2(CCc3ccccc32)C1=O)[C@@H](C)CC. The molecular weight excluding hydrogens is 342 g/mol. The van der Waals surface area contributed by atoms with Gasteiger partial charge in [0.2, 0.25) is 5.91 Å². The van der Waals surface area contributed by atoms with Crippen molar-refractivity contribution < 1.29 is 14.4 Å². The van der Waals surface area contributed by atoms with E-state index in [0.29, 0.717) is 6.42 Å². The molecule has 1 saturated heterocycles. The Bertz CT molecular complexity index is 753. The number of carbonyl (C=O) groups is 3. The summed E-state index contributed by atoms with van der Waals surface area (Å²) in [5, 5.41) is 2.88. The van der Waals surface area contributed by atoms with Gasteiger partial charge in [-0.05, 0) is 50.7 Å². The molecule has 1 aliphatic carbocycles. The van der Waals surface area contributed by atoms with Gasteiger partial charge in [-0.2, -0.15) is 0 Å². The fraction of sp³-hybridized carbons (Fsp3) is 0.571. The van der Waals surface area contributed by atoms with E-state index >= 15 is 0 Å². The molecule has 1 heterocycles. The first-order valence-corrected chi connectivity index (χ1v) is 9.89. The van der Waals surface area contributed by atoms with Gasteiger partial charge in [0.1, 0.15) is 12.1 Å². The molecule has 27 heavy (non-hydrogen) atoms. The van der Waals surface area contributed by atoms with Gasteiger partial charge in [0.25, 0.3) is 5.91 Å². The number of carbonyl (C=O) groups excluding carboxylic acids is 3. The summed E-state index contributed by atoms with van der Waals surface area (Å²) in [5.74, 6) is -0.482. The zero-order valence-corrected chi connectivity index (χ0v) is 16.6. The number of benzene rings is 1. The minimum atomic E-state index is -1.01. The third-order valence-corrected chi connectivity index (χ3v) is 6.13. The van der Waals surface area contributed by atoms with Crippen molar-refractivity contribution >= 4 is 17.8 Å². The summed E-state index contributed by atoms with van der Waals surface area (Å²) in [6, 6.07) is 7.37. The molecule has 6 heteroatoms. The van der Waals surface area contributed by atoms with Gasteiger partial charge in [-0.15, -0.1) is 0 Å². The Morgan fingerprint density at radius 2 is 1.81 bits per heavy atom. The largest absolute Gasteiger partial charge is 0.336 e. The molecule has 3 atom stereocenters. The topological polar surface area (TPSA) is 69.7 Å². The number of aryl methyl sites for hydroxylation is 1. The highest BCUT2D eigenvalue weighted by Crippen LogP contribution is 2.41. The number of nitrogens with zero attached hydrogens (tertiary/aromatic N) is 2. The van der Waals surface area contributed by atoms with Gasteiger partial charge in [-0.3, -0.25) is 14.5 Å². The molecule has 1 fully saturated rings. The van der Waals surface area contributed by atoms with Gasteiger partial charge in [0.05, 0.1) is 0 Å². The molecule has 0 unspecified atom stereocenters. The van der Waals surface area contributed by atoms with Gasteiger partial charge < -0.3 is 10.2 Å². The summed E-state index contributed by atoms with van der Waals surface area (Å²) < 4.78 is 0. The Kier molecular flexibility index (Phi) is 5.27. The van der Waals surface area contributed by atoms with Crippen molar-refractivity contribution in [2.45, 2.75) is 71.0 Å². The van der Waals surface area contributed by atoms with Crippen LogP contribution in [0.15, 0.2) is 24.3 Å². The Labute approximate surface area is 160 Å². The molecule has 1 aliphatic heterocycles. The molecule has 0 aromatic heterocycles. The Morgan fingerprint density at radius 3 is 2.44 bits per heavy atom. The predicted octanol–water partition coefficient (Wildman–Crippen LogP) is 2.81. The van der Waals surface area contributed by atoms with E-state index < -0.39 is 11.6 Å². The number of hydrogen-bond acceptors (Lipinski definition) is 3. The maximum Gasteiger partial charge on any atom is 0.325 e. The smallest absolute Gasteiger partial charge is 0.325 e. The molecule has 2 aliphatic rings.